The monoisotopic (exact) mass is 294 g/mol. The van der Waals surface area contributed by atoms with Gasteiger partial charge in [-0.05, 0) is 17.7 Å². The van der Waals surface area contributed by atoms with Crippen molar-refractivity contribution in [2.45, 2.75) is 11.7 Å². The second kappa shape index (κ2) is 6.33. The maximum Gasteiger partial charge on any atom is 0.313 e. The van der Waals surface area contributed by atoms with E-state index in [1.54, 1.807) is 22.9 Å². The SMILES string of the molecule is O=C(O)CSc1nc(=O)ccn1Cc1ccc(F)cc1. The van der Waals surface area contributed by atoms with Gasteiger partial charge in [-0.25, -0.2) is 4.39 Å². The van der Waals surface area contributed by atoms with E-state index in [0.717, 1.165) is 17.3 Å². The molecule has 0 aliphatic heterocycles. The van der Waals surface area contributed by atoms with E-state index in [1.165, 1.54) is 18.2 Å². The van der Waals surface area contributed by atoms with Crippen molar-refractivity contribution in [2.24, 2.45) is 0 Å². The molecular weight excluding hydrogens is 283 g/mol. The maximum absolute atomic E-state index is 12.8. The van der Waals surface area contributed by atoms with Gasteiger partial charge in [0.25, 0.3) is 5.56 Å². The van der Waals surface area contributed by atoms with Crippen LogP contribution in [0.3, 0.4) is 0 Å². The van der Waals surface area contributed by atoms with Crippen LogP contribution in [0.2, 0.25) is 0 Å². The third-order valence-electron chi connectivity index (χ3n) is 2.44. The lowest BCUT2D eigenvalue weighted by molar-refractivity contribution is -0.133. The fraction of sp³-hybridized carbons (Fsp3) is 0.154. The predicted octanol–water partition coefficient (Wildman–Crippen LogP) is 1.61. The lowest BCUT2D eigenvalue weighted by Gasteiger charge is -2.10. The molecule has 0 fully saturated rings. The van der Waals surface area contributed by atoms with E-state index in [4.69, 9.17) is 5.11 Å². The minimum Gasteiger partial charge on any atom is -0.481 e. The number of hydrogen-bond donors (Lipinski definition) is 1. The Hall–Kier alpha value is -2.15. The molecule has 0 spiro atoms. The van der Waals surface area contributed by atoms with Crippen LogP contribution in [0.15, 0.2) is 46.5 Å². The van der Waals surface area contributed by atoms with Crippen LogP contribution < -0.4 is 5.56 Å². The summed E-state index contributed by atoms with van der Waals surface area (Å²) in [4.78, 5) is 25.6. The molecule has 0 amide bonds. The topological polar surface area (TPSA) is 72.2 Å². The summed E-state index contributed by atoms with van der Waals surface area (Å²) in [7, 11) is 0. The smallest absolute Gasteiger partial charge is 0.313 e. The molecular formula is C13H11FN2O3S. The Labute approximate surface area is 118 Å². The number of carbonyl (C=O) groups is 1. The average Bonchev–Trinajstić information content (AvgIpc) is 2.41. The first-order chi connectivity index (χ1) is 9.54. The van der Waals surface area contributed by atoms with E-state index in [1.807, 2.05) is 0 Å². The van der Waals surface area contributed by atoms with Crippen molar-refractivity contribution >= 4 is 17.7 Å². The molecule has 1 aromatic heterocycles. The Balaban J connectivity index is 2.23. The Morgan fingerprint density at radius 2 is 2.00 bits per heavy atom. The molecule has 5 nitrogen and oxygen atoms in total. The van der Waals surface area contributed by atoms with Crippen LogP contribution in [0.5, 0.6) is 0 Å². The normalized spacial score (nSPS) is 10.4. The Kier molecular flexibility index (Phi) is 4.52. The van der Waals surface area contributed by atoms with Crippen LogP contribution in [0, 0.1) is 5.82 Å². The van der Waals surface area contributed by atoms with Gasteiger partial charge in [0.05, 0.1) is 5.75 Å². The van der Waals surface area contributed by atoms with Crippen molar-refractivity contribution in [1.82, 2.24) is 9.55 Å². The number of hydrogen-bond acceptors (Lipinski definition) is 4. The second-order valence-corrected chi connectivity index (χ2v) is 4.93. The molecule has 2 aromatic rings. The highest BCUT2D eigenvalue weighted by Gasteiger charge is 2.07. The lowest BCUT2D eigenvalue weighted by atomic mass is 10.2. The van der Waals surface area contributed by atoms with Crippen molar-refractivity contribution in [1.29, 1.82) is 0 Å². The first-order valence-electron chi connectivity index (χ1n) is 5.71. The number of thioether (sulfide) groups is 1. The summed E-state index contributed by atoms with van der Waals surface area (Å²) in [5, 5.41) is 9.00. The molecule has 1 N–H and O–H groups in total. The molecule has 0 saturated heterocycles. The van der Waals surface area contributed by atoms with E-state index >= 15 is 0 Å². The van der Waals surface area contributed by atoms with Crippen molar-refractivity contribution < 1.29 is 14.3 Å². The average molecular weight is 294 g/mol. The fourth-order valence-electron chi connectivity index (χ4n) is 1.56. The molecule has 0 bridgehead atoms. The summed E-state index contributed by atoms with van der Waals surface area (Å²) in [6.45, 7) is 0.384. The molecule has 20 heavy (non-hydrogen) atoms. The second-order valence-electron chi connectivity index (χ2n) is 3.99. The van der Waals surface area contributed by atoms with Gasteiger partial charge in [-0.15, -0.1) is 0 Å². The largest absolute Gasteiger partial charge is 0.481 e. The zero-order valence-corrected chi connectivity index (χ0v) is 11.1. The first-order valence-corrected chi connectivity index (χ1v) is 6.69. The number of aromatic nitrogens is 2. The summed E-state index contributed by atoms with van der Waals surface area (Å²) < 4.78 is 14.5. The summed E-state index contributed by atoms with van der Waals surface area (Å²) in [6, 6.07) is 7.23. The van der Waals surface area contributed by atoms with Crippen LogP contribution >= 0.6 is 11.8 Å². The van der Waals surface area contributed by atoms with Crippen LogP contribution in [0.25, 0.3) is 0 Å². The van der Waals surface area contributed by atoms with Gasteiger partial charge in [0.15, 0.2) is 5.16 Å². The summed E-state index contributed by atoms with van der Waals surface area (Å²) in [5.41, 5.74) is 0.405. The standard InChI is InChI=1S/C13H11FN2O3S/c14-10-3-1-9(2-4-10)7-16-6-5-11(17)15-13(16)20-8-12(18)19/h1-6H,7-8H2,(H,18,19). The van der Waals surface area contributed by atoms with Gasteiger partial charge in [-0.1, -0.05) is 23.9 Å². The van der Waals surface area contributed by atoms with Crippen molar-refractivity contribution in [3.63, 3.8) is 0 Å². The summed E-state index contributed by atoms with van der Waals surface area (Å²) in [6.07, 6.45) is 1.54. The highest BCUT2D eigenvalue weighted by atomic mass is 32.2. The van der Waals surface area contributed by atoms with E-state index < -0.39 is 11.5 Å². The lowest BCUT2D eigenvalue weighted by Crippen LogP contribution is -2.14. The van der Waals surface area contributed by atoms with Gasteiger partial charge in [0.1, 0.15) is 5.82 Å². The minimum absolute atomic E-state index is 0.181. The zero-order chi connectivity index (χ0) is 14.5. The van der Waals surface area contributed by atoms with Crippen molar-refractivity contribution in [2.75, 3.05) is 5.75 Å². The highest BCUT2D eigenvalue weighted by molar-refractivity contribution is 7.99. The molecule has 0 radical (unpaired) electrons. The quantitative estimate of drug-likeness (QED) is 0.670. The molecule has 104 valence electrons. The maximum atomic E-state index is 12.8. The molecule has 2 rings (SSSR count). The Bertz CT molecular complexity index is 670. The molecule has 1 aromatic carbocycles. The van der Waals surface area contributed by atoms with Crippen LogP contribution in [0.1, 0.15) is 5.56 Å². The van der Waals surface area contributed by atoms with E-state index in [0.29, 0.717) is 11.7 Å². The number of aliphatic carboxylic acids is 1. The van der Waals surface area contributed by atoms with Gasteiger partial charge in [-0.2, -0.15) is 4.98 Å². The summed E-state index contributed by atoms with van der Waals surface area (Å²) >= 11 is 0.970. The number of carboxylic acid groups (broad SMARTS) is 1. The third-order valence-corrected chi connectivity index (χ3v) is 3.41. The molecule has 0 atom stereocenters. The number of carboxylic acids is 1. The van der Waals surface area contributed by atoms with Gasteiger partial charge in [0.2, 0.25) is 0 Å². The van der Waals surface area contributed by atoms with Crippen LogP contribution in [-0.2, 0) is 11.3 Å². The van der Waals surface area contributed by atoms with Crippen LogP contribution in [-0.4, -0.2) is 26.4 Å². The van der Waals surface area contributed by atoms with Gasteiger partial charge in [0, 0.05) is 18.8 Å². The molecule has 0 aliphatic rings. The molecule has 0 saturated carbocycles. The molecule has 7 heteroatoms. The zero-order valence-electron chi connectivity index (χ0n) is 10.3. The number of nitrogens with zero attached hydrogens (tertiary/aromatic N) is 2. The van der Waals surface area contributed by atoms with E-state index in [9.17, 15) is 14.0 Å². The number of benzene rings is 1. The highest BCUT2D eigenvalue weighted by Crippen LogP contribution is 2.15. The van der Waals surface area contributed by atoms with Crippen molar-refractivity contribution in [3.8, 4) is 0 Å². The number of halogens is 1. The molecule has 0 unspecified atom stereocenters. The van der Waals surface area contributed by atoms with Crippen molar-refractivity contribution in [3.05, 3.63) is 58.3 Å². The van der Waals surface area contributed by atoms with Gasteiger partial charge in [-0.3, -0.25) is 9.59 Å². The van der Waals surface area contributed by atoms with Gasteiger partial charge < -0.3 is 9.67 Å². The Morgan fingerprint density at radius 3 is 2.65 bits per heavy atom. The first kappa shape index (κ1) is 14.3. The van der Waals surface area contributed by atoms with E-state index in [2.05, 4.69) is 4.98 Å². The number of rotatable bonds is 5. The fourth-order valence-corrected chi connectivity index (χ4v) is 2.26. The molecule has 0 aliphatic carbocycles. The third kappa shape index (κ3) is 3.92. The minimum atomic E-state index is -0.985. The van der Waals surface area contributed by atoms with Gasteiger partial charge >= 0.3 is 5.97 Å². The van der Waals surface area contributed by atoms with Crippen LogP contribution in [0.4, 0.5) is 4.39 Å². The summed E-state index contributed by atoms with van der Waals surface area (Å²) in [5.74, 6) is -1.49. The van der Waals surface area contributed by atoms with E-state index in [-0.39, 0.29) is 11.6 Å². The Morgan fingerprint density at radius 1 is 1.30 bits per heavy atom. The predicted molar refractivity (Wildman–Crippen MR) is 72.4 cm³/mol. The molecule has 1 heterocycles.